The van der Waals surface area contributed by atoms with E-state index in [0.29, 0.717) is 29.3 Å². The lowest BCUT2D eigenvalue weighted by Gasteiger charge is -2.25. The average molecular weight is 441 g/mol. The second-order valence-corrected chi connectivity index (χ2v) is 7.86. The van der Waals surface area contributed by atoms with Crippen LogP contribution in [-0.2, 0) is 16.2 Å². The molecule has 162 valence electrons. The fourth-order valence-electron chi connectivity index (χ4n) is 3.44. The molecule has 6 nitrogen and oxygen atoms in total. The van der Waals surface area contributed by atoms with Crippen LogP contribution in [0.3, 0.4) is 0 Å². The van der Waals surface area contributed by atoms with Crippen LogP contribution in [0.1, 0.15) is 38.8 Å². The minimum absolute atomic E-state index is 0.0812. The summed E-state index contributed by atoms with van der Waals surface area (Å²) in [5.41, 5.74) is 0.942. The number of amides is 1. The molecule has 0 aliphatic carbocycles. The van der Waals surface area contributed by atoms with Crippen LogP contribution in [0.15, 0.2) is 54.6 Å². The van der Waals surface area contributed by atoms with Crippen LogP contribution in [0.4, 0.5) is 5.69 Å². The van der Waals surface area contributed by atoms with Gasteiger partial charge in [-0.2, -0.15) is 0 Å². The van der Waals surface area contributed by atoms with E-state index in [1.807, 2.05) is 24.3 Å². The maximum absolute atomic E-state index is 12.5. The number of pyridine rings is 1. The molecule has 3 aromatic rings. The average Bonchev–Trinajstić information content (AvgIpc) is 2.76. The second kappa shape index (κ2) is 9.79. The quantitative estimate of drug-likeness (QED) is 0.446. The predicted octanol–water partition coefficient (Wildman–Crippen LogP) is 5.69. The maximum Gasteiger partial charge on any atom is 0.310 e. The van der Waals surface area contributed by atoms with E-state index < -0.39 is 11.4 Å². The minimum Gasteiger partial charge on any atom is -0.487 e. The van der Waals surface area contributed by atoms with E-state index in [0.717, 1.165) is 16.6 Å². The summed E-state index contributed by atoms with van der Waals surface area (Å²) in [5.74, 6) is -0.726. The summed E-state index contributed by atoms with van der Waals surface area (Å²) in [7, 11) is 0. The first-order valence-electron chi connectivity index (χ1n) is 10.2. The molecule has 0 saturated carbocycles. The van der Waals surface area contributed by atoms with Crippen molar-refractivity contribution < 1.29 is 19.4 Å². The molecule has 0 fully saturated rings. The molecule has 2 aromatic carbocycles. The molecule has 0 saturated heterocycles. The summed E-state index contributed by atoms with van der Waals surface area (Å²) in [4.78, 5) is 28.6. The van der Waals surface area contributed by atoms with Gasteiger partial charge in [-0.05, 0) is 37.1 Å². The third-order valence-electron chi connectivity index (χ3n) is 5.54. The van der Waals surface area contributed by atoms with Gasteiger partial charge in [0.2, 0.25) is 5.91 Å². The Labute approximate surface area is 186 Å². The Bertz CT molecular complexity index is 1100. The van der Waals surface area contributed by atoms with Crippen molar-refractivity contribution in [1.82, 2.24) is 4.98 Å². The van der Waals surface area contributed by atoms with Gasteiger partial charge in [0.15, 0.2) is 0 Å². The van der Waals surface area contributed by atoms with Gasteiger partial charge in [0, 0.05) is 23.6 Å². The highest BCUT2D eigenvalue weighted by Gasteiger charge is 2.37. The number of carboxylic acids is 1. The van der Waals surface area contributed by atoms with Gasteiger partial charge in [0.05, 0.1) is 21.6 Å². The van der Waals surface area contributed by atoms with Crippen LogP contribution in [0.5, 0.6) is 5.75 Å². The van der Waals surface area contributed by atoms with Gasteiger partial charge in [-0.1, -0.05) is 49.7 Å². The highest BCUT2D eigenvalue weighted by Crippen LogP contribution is 2.31. The SMILES string of the molecule is CCC(CC)(CC(=O)Nc1cccc(OCc2ccc3cccc(Cl)c3n2)c1)C(=O)O. The number of aliphatic carboxylic acids is 1. The number of carbonyl (C=O) groups excluding carboxylic acids is 1. The van der Waals surface area contributed by atoms with E-state index in [1.54, 1.807) is 44.2 Å². The number of nitrogens with one attached hydrogen (secondary N) is 1. The van der Waals surface area contributed by atoms with Gasteiger partial charge >= 0.3 is 5.97 Å². The van der Waals surface area contributed by atoms with Gasteiger partial charge < -0.3 is 15.2 Å². The highest BCUT2D eigenvalue weighted by atomic mass is 35.5. The second-order valence-electron chi connectivity index (χ2n) is 7.45. The van der Waals surface area contributed by atoms with Crippen molar-refractivity contribution in [2.24, 2.45) is 5.41 Å². The van der Waals surface area contributed by atoms with E-state index in [1.165, 1.54) is 0 Å². The third-order valence-corrected chi connectivity index (χ3v) is 5.84. The molecule has 0 unspecified atom stereocenters. The van der Waals surface area contributed by atoms with Crippen molar-refractivity contribution in [3.05, 3.63) is 65.3 Å². The molecular weight excluding hydrogens is 416 g/mol. The molecule has 7 heteroatoms. The first kappa shape index (κ1) is 22.6. The van der Waals surface area contributed by atoms with Crippen molar-refractivity contribution in [1.29, 1.82) is 0 Å². The van der Waals surface area contributed by atoms with Crippen molar-refractivity contribution in [2.45, 2.75) is 39.7 Å². The monoisotopic (exact) mass is 440 g/mol. The van der Waals surface area contributed by atoms with E-state index in [9.17, 15) is 14.7 Å². The molecular formula is C24H25ClN2O4. The Hall–Kier alpha value is -3.12. The molecule has 0 aliphatic rings. The lowest BCUT2D eigenvalue weighted by atomic mass is 9.79. The summed E-state index contributed by atoms with van der Waals surface area (Å²) >= 11 is 6.22. The zero-order valence-electron chi connectivity index (χ0n) is 17.5. The van der Waals surface area contributed by atoms with Gasteiger partial charge in [-0.3, -0.25) is 9.59 Å². The number of hydrogen-bond donors (Lipinski definition) is 2. The zero-order chi connectivity index (χ0) is 22.4. The van der Waals surface area contributed by atoms with Crippen LogP contribution in [0, 0.1) is 5.41 Å². The molecule has 0 aliphatic heterocycles. The number of rotatable bonds is 9. The van der Waals surface area contributed by atoms with Crippen LogP contribution in [-0.4, -0.2) is 22.0 Å². The number of fused-ring (bicyclic) bond motifs is 1. The van der Waals surface area contributed by atoms with Crippen LogP contribution in [0.25, 0.3) is 10.9 Å². The summed E-state index contributed by atoms with van der Waals surface area (Å²) in [6.45, 7) is 3.81. The van der Waals surface area contributed by atoms with Crippen molar-refractivity contribution in [3.63, 3.8) is 0 Å². The number of halogens is 1. The van der Waals surface area contributed by atoms with Gasteiger partial charge in [0.25, 0.3) is 0 Å². The number of carboxylic acid groups (broad SMARTS) is 1. The Morgan fingerprint density at radius 1 is 1.10 bits per heavy atom. The van der Waals surface area contributed by atoms with E-state index in [-0.39, 0.29) is 18.9 Å². The van der Waals surface area contributed by atoms with Crippen molar-refractivity contribution >= 4 is 40.1 Å². The first-order valence-corrected chi connectivity index (χ1v) is 10.5. The smallest absolute Gasteiger partial charge is 0.310 e. The normalized spacial score (nSPS) is 11.3. The standard InChI is InChI=1S/C24H25ClN2O4/c1-3-24(4-2,23(29)30)14-21(28)26-17-8-6-9-19(13-17)31-15-18-12-11-16-7-5-10-20(25)22(16)27-18/h5-13H,3-4,14-15H2,1-2H3,(H,26,28)(H,29,30). The number of hydrogen-bond acceptors (Lipinski definition) is 4. The van der Waals surface area contributed by atoms with E-state index in [4.69, 9.17) is 16.3 Å². The number of ether oxygens (including phenoxy) is 1. The number of carbonyl (C=O) groups is 2. The molecule has 2 N–H and O–H groups in total. The molecule has 0 atom stereocenters. The van der Waals surface area contributed by atoms with Gasteiger partial charge in [-0.25, -0.2) is 4.98 Å². The fourth-order valence-corrected chi connectivity index (χ4v) is 3.67. The van der Waals surface area contributed by atoms with Gasteiger partial charge in [-0.15, -0.1) is 0 Å². The number of benzene rings is 2. The van der Waals surface area contributed by atoms with Crippen molar-refractivity contribution in [2.75, 3.05) is 5.32 Å². The Balaban J connectivity index is 1.66. The largest absolute Gasteiger partial charge is 0.487 e. The lowest BCUT2D eigenvalue weighted by molar-refractivity contribution is -0.151. The zero-order valence-corrected chi connectivity index (χ0v) is 18.3. The summed E-state index contributed by atoms with van der Waals surface area (Å²) in [6, 6.07) is 16.4. The van der Waals surface area contributed by atoms with E-state index >= 15 is 0 Å². The first-order chi connectivity index (χ1) is 14.9. The number of aromatic nitrogens is 1. The number of anilines is 1. The lowest BCUT2D eigenvalue weighted by Crippen LogP contribution is -2.34. The Morgan fingerprint density at radius 3 is 2.55 bits per heavy atom. The number of nitrogens with zero attached hydrogens (tertiary/aromatic N) is 1. The van der Waals surface area contributed by atoms with E-state index in [2.05, 4.69) is 10.3 Å². The predicted molar refractivity (Wildman–Crippen MR) is 121 cm³/mol. The number of para-hydroxylation sites is 1. The van der Waals surface area contributed by atoms with Gasteiger partial charge in [0.1, 0.15) is 12.4 Å². The maximum atomic E-state index is 12.5. The fraction of sp³-hybridized carbons (Fsp3) is 0.292. The molecule has 0 radical (unpaired) electrons. The molecule has 1 heterocycles. The summed E-state index contributed by atoms with van der Waals surface area (Å²) < 4.78 is 5.83. The molecule has 1 amide bonds. The topological polar surface area (TPSA) is 88.5 Å². The van der Waals surface area contributed by atoms with Crippen LogP contribution in [0.2, 0.25) is 5.02 Å². The van der Waals surface area contributed by atoms with Crippen molar-refractivity contribution in [3.8, 4) is 5.75 Å². The molecule has 31 heavy (non-hydrogen) atoms. The van der Waals surface area contributed by atoms with Crippen LogP contribution >= 0.6 is 11.6 Å². The molecule has 0 spiro atoms. The Kier molecular flexibility index (Phi) is 7.13. The molecule has 1 aromatic heterocycles. The highest BCUT2D eigenvalue weighted by molar-refractivity contribution is 6.35. The van der Waals surface area contributed by atoms with Crippen LogP contribution < -0.4 is 10.1 Å². The third kappa shape index (κ3) is 5.33. The summed E-state index contributed by atoms with van der Waals surface area (Å²) in [6.07, 6.45) is 0.693. The summed E-state index contributed by atoms with van der Waals surface area (Å²) in [5, 5.41) is 13.8. The Morgan fingerprint density at radius 2 is 1.84 bits per heavy atom. The molecule has 0 bridgehead atoms. The molecule has 3 rings (SSSR count). The minimum atomic E-state index is -1.05.